The lowest BCUT2D eigenvalue weighted by Crippen LogP contribution is -2.70. The van der Waals surface area contributed by atoms with Crippen LogP contribution in [-0.2, 0) is 70.7 Å². The molecule has 0 amide bonds. The third kappa shape index (κ3) is 48.5. The molecule has 2 heterocycles. The van der Waals surface area contributed by atoms with Gasteiger partial charge in [-0.3, -0.25) is 28.2 Å². The molecule has 678 valence electrons. The van der Waals surface area contributed by atoms with E-state index in [2.05, 4.69) is 71.1 Å². The predicted octanol–water partition coefficient (Wildman–Crippen LogP) is 16.6. The Morgan fingerprint density at radius 1 is 0.362 bits per heavy atom. The molecule has 3 fully saturated rings. The number of rotatable bonds is 73. The summed E-state index contributed by atoms with van der Waals surface area (Å²) < 4.78 is 73.3. The molecule has 10 N–H and O–H groups in total. The third-order valence-corrected chi connectivity index (χ3v) is 23.5. The maximum absolute atomic E-state index is 14.9. The molecule has 3 rings (SSSR count). The van der Waals surface area contributed by atoms with Crippen molar-refractivity contribution in [2.24, 2.45) is 5.92 Å². The molecule has 2 saturated heterocycles. The van der Waals surface area contributed by atoms with Gasteiger partial charge < -0.3 is 88.7 Å². The first kappa shape index (κ1) is 107. The van der Waals surface area contributed by atoms with Crippen LogP contribution in [-0.4, -0.2) is 205 Å². The van der Waals surface area contributed by atoms with E-state index >= 15 is 0 Å². The SMILES string of the molecule is CCCCCC/C=C\CCCCCCCCCC(=O)OCC1OC(OC2C(OC(=O)CCCCCCCCC(C)CCCCCCCC)C(O)C(O)C(OC3OC(CO)C(O)C(O)C3O)C2OP(=O)(O)OCC(COC(=O)CCCCC/C=C\CCCCCCCC)OC(=O)CCCCC/C=C\CCCCCCCC)C(O)C(O)C1O. The summed E-state index contributed by atoms with van der Waals surface area (Å²) in [4.78, 5) is 66.4. The Balaban J connectivity index is 1.94. The van der Waals surface area contributed by atoms with Crippen LogP contribution in [0.4, 0.5) is 0 Å². The van der Waals surface area contributed by atoms with Crippen molar-refractivity contribution in [3.8, 4) is 0 Å². The second-order valence-electron chi connectivity index (χ2n) is 33.1. The fourth-order valence-corrected chi connectivity index (χ4v) is 16.0. The molecule has 3 aliphatic rings. The highest BCUT2D eigenvalue weighted by molar-refractivity contribution is 7.47. The van der Waals surface area contributed by atoms with Crippen molar-refractivity contribution < 1.29 is 122 Å². The molecule has 0 spiro atoms. The smallest absolute Gasteiger partial charge is 0.463 e. The van der Waals surface area contributed by atoms with Crippen LogP contribution in [0, 0.1) is 5.92 Å². The lowest BCUT2D eigenvalue weighted by atomic mass is 9.84. The van der Waals surface area contributed by atoms with E-state index in [4.69, 9.17) is 46.9 Å². The minimum Gasteiger partial charge on any atom is -0.463 e. The van der Waals surface area contributed by atoms with Gasteiger partial charge in [0.25, 0.3) is 0 Å². The van der Waals surface area contributed by atoms with E-state index in [0.717, 1.165) is 141 Å². The second kappa shape index (κ2) is 68.2. The van der Waals surface area contributed by atoms with Crippen molar-refractivity contribution in [1.82, 2.24) is 0 Å². The Bertz CT molecular complexity index is 2580. The maximum atomic E-state index is 14.9. The molecule has 2 aliphatic heterocycles. The topological polar surface area (TPSA) is 380 Å². The van der Waals surface area contributed by atoms with Gasteiger partial charge in [0.2, 0.25) is 0 Å². The summed E-state index contributed by atoms with van der Waals surface area (Å²) in [5.74, 6) is -2.39. The van der Waals surface area contributed by atoms with Crippen LogP contribution in [0.15, 0.2) is 36.5 Å². The number of allylic oxidation sites excluding steroid dienone is 6. The Kier molecular flexibility index (Phi) is 62.8. The summed E-state index contributed by atoms with van der Waals surface area (Å²) in [6.07, 6.45) is 27.4. The molecular weight excluding hydrogens is 1510 g/mol. The van der Waals surface area contributed by atoms with Gasteiger partial charge in [0, 0.05) is 25.7 Å². The van der Waals surface area contributed by atoms with Gasteiger partial charge in [0.05, 0.1) is 13.2 Å². The van der Waals surface area contributed by atoms with Gasteiger partial charge in [0.15, 0.2) is 24.8 Å². The number of phosphoric acid groups is 1. The molecule has 0 bridgehead atoms. The first-order valence-corrected chi connectivity index (χ1v) is 47.6. The third-order valence-electron chi connectivity index (χ3n) is 22.5. The Labute approximate surface area is 697 Å². The van der Waals surface area contributed by atoms with Crippen LogP contribution in [0.5, 0.6) is 0 Å². The molecule has 0 radical (unpaired) electrons. The van der Waals surface area contributed by atoms with E-state index in [-0.39, 0.29) is 25.7 Å². The van der Waals surface area contributed by atoms with Crippen LogP contribution < -0.4 is 0 Å². The van der Waals surface area contributed by atoms with Gasteiger partial charge in [0.1, 0.15) is 92.6 Å². The summed E-state index contributed by atoms with van der Waals surface area (Å²) >= 11 is 0. The zero-order valence-corrected chi connectivity index (χ0v) is 73.1. The number of ether oxygens (including phenoxy) is 8. The lowest BCUT2D eigenvalue weighted by Gasteiger charge is -2.50. The number of hydrogen-bond donors (Lipinski definition) is 10. The zero-order valence-electron chi connectivity index (χ0n) is 72.2. The summed E-state index contributed by atoms with van der Waals surface area (Å²) in [6.45, 7) is 7.81. The molecule has 1 saturated carbocycles. The van der Waals surface area contributed by atoms with Gasteiger partial charge in [-0.25, -0.2) is 4.57 Å². The highest BCUT2D eigenvalue weighted by atomic mass is 31.2. The fraction of sp³-hybridized carbons (Fsp3) is 0.889. The average molecular weight is 1680 g/mol. The van der Waals surface area contributed by atoms with Crippen LogP contribution in [0.2, 0.25) is 0 Å². The Morgan fingerprint density at radius 2 is 0.698 bits per heavy atom. The number of unbranched alkanes of at least 4 members (excludes halogenated alkanes) is 39. The molecule has 19 atom stereocenters. The molecular formula is C90H163O25P. The first-order chi connectivity index (χ1) is 56.1. The molecule has 0 aromatic heterocycles. The molecule has 26 heteroatoms. The Hall–Kier alpha value is -3.31. The summed E-state index contributed by atoms with van der Waals surface area (Å²) in [6, 6.07) is 0. The van der Waals surface area contributed by atoms with Crippen molar-refractivity contribution in [2.45, 2.75) is 479 Å². The van der Waals surface area contributed by atoms with Crippen LogP contribution in [0.1, 0.15) is 375 Å². The van der Waals surface area contributed by atoms with Gasteiger partial charge in [-0.15, -0.1) is 0 Å². The summed E-state index contributed by atoms with van der Waals surface area (Å²) in [5.41, 5.74) is 0. The number of aliphatic hydroxyl groups excluding tert-OH is 9. The van der Waals surface area contributed by atoms with E-state index in [1.54, 1.807) is 0 Å². The number of phosphoric ester groups is 1. The number of esters is 4. The largest absolute Gasteiger partial charge is 0.472 e. The van der Waals surface area contributed by atoms with Gasteiger partial charge >= 0.3 is 31.7 Å². The number of hydrogen-bond acceptors (Lipinski definition) is 24. The highest BCUT2D eigenvalue weighted by Gasteiger charge is 2.60. The van der Waals surface area contributed by atoms with Crippen LogP contribution >= 0.6 is 7.82 Å². The molecule has 116 heavy (non-hydrogen) atoms. The first-order valence-electron chi connectivity index (χ1n) is 46.1. The van der Waals surface area contributed by atoms with Crippen LogP contribution in [0.25, 0.3) is 0 Å². The van der Waals surface area contributed by atoms with Gasteiger partial charge in [-0.2, -0.15) is 0 Å². The molecule has 0 aromatic rings. The molecule has 25 nitrogen and oxygen atoms in total. The highest BCUT2D eigenvalue weighted by Crippen LogP contribution is 2.49. The minimum atomic E-state index is -5.82. The predicted molar refractivity (Wildman–Crippen MR) is 449 cm³/mol. The number of aliphatic hydroxyl groups is 9. The van der Waals surface area contributed by atoms with Crippen molar-refractivity contribution in [3.63, 3.8) is 0 Å². The Morgan fingerprint density at radius 3 is 1.13 bits per heavy atom. The summed E-state index contributed by atoms with van der Waals surface area (Å²) in [7, 11) is -5.82. The van der Waals surface area contributed by atoms with E-state index in [1.165, 1.54) is 135 Å². The lowest BCUT2D eigenvalue weighted by molar-refractivity contribution is -0.360. The molecule has 0 aromatic carbocycles. The monoisotopic (exact) mass is 1680 g/mol. The van der Waals surface area contributed by atoms with Crippen molar-refractivity contribution in [2.75, 3.05) is 26.4 Å². The number of carbonyl (C=O) groups excluding carboxylic acids is 4. The van der Waals surface area contributed by atoms with E-state index in [1.807, 2.05) is 0 Å². The quantitative estimate of drug-likeness (QED) is 0.00889. The van der Waals surface area contributed by atoms with Crippen LogP contribution in [0.3, 0.4) is 0 Å². The van der Waals surface area contributed by atoms with Crippen molar-refractivity contribution >= 4 is 31.7 Å². The average Bonchev–Trinajstić information content (AvgIpc) is 0.755. The molecule has 1 aliphatic carbocycles. The second-order valence-corrected chi connectivity index (χ2v) is 34.5. The zero-order chi connectivity index (χ0) is 84.8. The van der Waals surface area contributed by atoms with Gasteiger partial charge in [-0.1, -0.05) is 283 Å². The van der Waals surface area contributed by atoms with Crippen molar-refractivity contribution in [1.29, 1.82) is 0 Å². The van der Waals surface area contributed by atoms with E-state index in [0.29, 0.717) is 44.4 Å². The standard InChI is InChI=1S/C90H163O25P/c1-6-10-14-18-22-25-28-31-32-35-37-40-43-50-56-62-74(93)107-68-72-78(97)80(99)84(103)90(111-72)114-87-85(112-76(95)64-58-52-46-45-48-54-60-69(5)59-53-47-21-17-13-9-4)81(100)82(101)86(113-89-83(102)79(98)77(96)71(65-91)110-89)88(87)115-116(104,105)108-67-70(109-75(94)63-57-51-44-41-38-34-30-27-24-20-16-12-8-3)66-106-73(92)61-55-49-42-39-36-33-29-26-23-19-15-11-7-2/h25,28,33-34,36,38,69-72,77-91,96-103H,6-24,26-27,29-32,35,37,39-68H2,1-5H3,(H,104,105)/b28-25-,36-33-,38-34-. The summed E-state index contributed by atoms with van der Waals surface area (Å²) in [5, 5.41) is 102. The number of carbonyl (C=O) groups is 4. The van der Waals surface area contributed by atoms with E-state index in [9.17, 15) is 74.6 Å². The minimum absolute atomic E-state index is 0.00700. The van der Waals surface area contributed by atoms with E-state index < -0.39 is 162 Å². The molecule has 19 unspecified atom stereocenters. The maximum Gasteiger partial charge on any atom is 0.472 e. The fourth-order valence-electron chi connectivity index (χ4n) is 15.0. The van der Waals surface area contributed by atoms with Crippen molar-refractivity contribution in [3.05, 3.63) is 36.5 Å². The normalized spacial score (nSPS) is 25.6. The van der Waals surface area contributed by atoms with Gasteiger partial charge in [-0.05, 0) is 109 Å².